The van der Waals surface area contributed by atoms with E-state index >= 15 is 0 Å². The third-order valence-corrected chi connectivity index (χ3v) is 4.19. The zero-order valence-corrected chi connectivity index (χ0v) is 12.4. The molecule has 4 N–H and O–H groups in total. The summed E-state index contributed by atoms with van der Waals surface area (Å²) < 4.78 is 25.4. The SMILES string of the molecule is CN.NC1CCc2nc(N3CCC(C(F)F)C3)ccc2C1. The first kappa shape index (κ1) is 16.1. The zero-order valence-electron chi connectivity index (χ0n) is 12.4. The fraction of sp³-hybridized carbons (Fsp3) is 0.667. The number of alkyl halides is 2. The highest BCUT2D eigenvalue weighted by molar-refractivity contribution is 5.43. The summed E-state index contributed by atoms with van der Waals surface area (Å²) in [5, 5.41) is 0. The van der Waals surface area contributed by atoms with Gasteiger partial charge in [-0.1, -0.05) is 6.07 Å². The van der Waals surface area contributed by atoms with Crippen molar-refractivity contribution in [3.8, 4) is 0 Å². The average molecular weight is 298 g/mol. The number of fused-ring (bicyclic) bond motifs is 1. The Morgan fingerprint density at radius 3 is 2.71 bits per heavy atom. The van der Waals surface area contributed by atoms with Crippen LogP contribution in [0.2, 0.25) is 0 Å². The summed E-state index contributed by atoms with van der Waals surface area (Å²) in [5.74, 6) is 0.337. The molecular formula is C15H24F2N4. The van der Waals surface area contributed by atoms with Crippen molar-refractivity contribution in [2.45, 2.75) is 38.2 Å². The first-order valence-corrected chi connectivity index (χ1v) is 7.48. The standard InChI is InChI=1S/C14H19F2N3.CH5N/c15-14(16)10-5-6-19(8-10)13-4-1-9-7-11(17)2-3-12(9)18-13;1-2/h1,4,10-11,14H,2-3,5-8,17H2;2H2,1H3. The van der Waals surface area contributed by atoms with E-state index in [4.69, 9.17) is 5.73 Å². The molecular weight excluding hydrogens is 274 g/mol. The summed E-state index contributed by atoms with van der Waals surface area (Å²) in [6, 6.07) is 4.24. The summed E-state index contributed by atoms with van der Waals surface area (Å²) in [6.45, 7) is 1.10. The van der Waals surface area contributed by atoms with Gasteiger partial charge in [0.25, 0.3) is 0 Å². The van der Waals surface area contributed by atoms with Gasteiger partial charge in [-0.25, -0.2) is 13.8 Å². The molecule has 0 aromatic carbocycles. The second-order valence-corrected chi connectivity index (χ2v) is 5.61. The zero-order chi connectivity index (χ0) is 15.4. The van der Waals surface area contributed by atoms with Crippen molar-refractivity contribution in [3.05, 3.63) is 23.4 Å². The minimum absolute atomic E-state index is 0.232. The Morgan fingerprint density at radius 1 is 1.29 bits per heavy atom. The number of aryl methyl sites for hydroxylation is 1. The van der Waals surface area contributed by atoms with Gasteiger partial charge in [0.2, 0.25) is 6.43 Å². The van der Waals surface area contributed by atoms with Crippen molar-refractivity contribution < 1.29 is 8.78 Å². The molecule has 6 heteroatoms. The molecule has 118 valence electrons. The number of rotatable bonds is 2. The maximum absolute atomic E-state index is 12.7. The first-order chi connectivity index (χ1) is 10.1. The van der Waals surface area contributed by atoms with Gasteiger partial charge < -0.3 is 16.4 Å². The summed E-state index contributed by atoms with van der Waals surface area (Å²) in [5.41, 5.74) is 12.8. The fourth-order valence-corrected chi connectivity index (χ4v) is 3.00. The van der Waals surface area contributed by atoms with Gasteiger partial charge in [-0.15, -0.1) is 0 Å². The predicted molar refractivity (Wildman–Crippen MR) is 80.7 cm³/mol. The van der Waals surface area contributed by atoms with Crippen LogP contribution in [0.5, 0.6) is 0 Å². The van der Waals surface area contributed by atoms with Crippen LogP contribution < -0.4 is 16.4 Å². The average Bonchev–Trinajstić information content (AvgIpc) is 2.99. The molecule has 1 aromatic rings. The molecule has 1 aromatic heterocycles. The van der Waals surface area contributed by atoms with Crippen LogP contribution in [0, 0.1) is 5.92 Å². The van der Waals surface area contributed by atoms with Gasteiger partial charge in [-0.3, -0.25) is 0 Å². The molecule has 2 aliphatic rings. The molecule has 2 heterocycles. The molecule has 2 atom stereocenters. The number of anilines is 1. The maximum atomic E-state index is 12.7. The monoisotopic (exact) mass is 298 g/mol. The Kier molecular flexibility index (Phi) is 5.47. The summed E-state index contributed by atoms with van der Waals surface area (Å²) >= 11 is 0. The molecule has 1 aliphatic carbocycles. The van der Waals surface area contributed by atoms with E-state index in [-0.39, 0.29) is 6.04 Å². The summed E-state index contributed by atoms with van der Waals surface area (Å²) in [4.78, 5) is 6.63. The quantitative estimate of drug-likeness (QED) is 0.869. The molecule has 0 spiro atoms. The van der Waals surface area contributed by atoms with Gasteiger partial charge in [-0.2, -0.15) is 0 Å². The van der Waals surface area contributed by atoms with Gasteiger partial charge in [0.1, 0.15) is 5.82 Å². The molecule has 0 bridgehead atoms. The molecule has 0 amide bonds. The normalized spacial score (nSPS) is 24.6. The molecule has 1 saturated heterocycles. The van der Waals surface area contributed by atoms with E-state index in [0.717, 1.165) is 30.8 Å². The van der Waals surface area contributed by atoms with Crippen LogP contribution in [0.4, 0.5) is 14.6 Å². The van der Waals surface area contributed by atoms with E-state index in [0.29, 0.717) is 19.5 Å². The van der Waals surface area contributed by atoms with E-state index in [9.17, 15) is 8.78 Å². The Labute approximate surface area is 124 Å². The third-order valence-electron chi connectivity index (χ3n) is 4.19. The molecule has 1 aliphatic heterocycles. The van der Waals surface area contributed by atoms with E-state index in [1.165, 1.54) is 12.6 Å². The first-order valence-electron chi connectivity index (χ1n) is 7.48. The summed E-state index contributed by atoms with van der Waals surface area (Å²) in [7, 11) is 1.50. The number of aromatic nitrogens is 1. The van der Waals surface area contributed by atoms with Crippen LogP contribution >= 0.6 is 0 Å². The lowest BCUT2D eigenvalue weighted by Gasteiger charge is -2.24. The van der Waals surface area contributed by atoms with Gasteiger partial charge in [0, 0.05) is 30.7 Å². The molecule has 1 fully saturated rings. The lowest BCUT2D eigenvalue weighted by atomic mass is 9.92. The van der Waals surface area contributed by atoms with Crippen LogP contribution in [0.15, 0.2) is 12.1 Å². The van der Waals surface area contributed by atoms with Crippen molar-refractivity contribution in [3.63, 3.8) is 0 Å². The topological polar surface area (TPSA) is 68.2 Å². The van der Waals surface area contributed by atoms with Crippen LogP contribution in [-0.2, 0) is 12.8 Å². The van der Waals surface area contributed by atoms with Gasteiger partial charge in [-0.05, 0) is 44.4 Å². The highest BCUT2D eigenvalue weighted by Crippen LogP contribution is 2.28. The number of pyridine rings is 1. The van der Waals surface area contributed by atoms with Gasteiger partial charge >= 0.3 is 0 Å². The van der Waals surface area contributed by atoms with Crippen molar-refractivity contribution in [1.82, 2.24) is 4.98 Å². The minimum Gasteiger partial charge on any atom is -0.356 e. The minimum atomic E-state index is -2.22. The lowest BCUT2D eigenvalue weighted by molar-refractivity contribution is 0.0880. The van der Waals surface area contributed by atoms with Crippen molar-refractivity contribution in [2.24, 2.45) is 17.4 Å². The lowest BCUT2D eigenvalue weighted by Crippen LogP contribution is -2.29. The number of nitrogens with two attached hydrogens (primary N) is 2. The number of nitrogens with zero attached hydrogens (tertiary/aromatic N) is 2. The van der Waals surface area contributed by atoms with E-state index in [1.54, 1.807) is 0 Å². The highest BCUT2D eigenvalue weighted by atomic mass is 19.3. The third kappa shape index (κ3) is 3.68. The number of hydrogen-bond acceptors (Lipinski definition) is 4. The maximum Gasteiger partial charge on any atom is 0.243 e. The molecule has 3 rings (SSSR count). The second-order valence-electron chi connectivity index (χ2n) is 5.61. The van der Waals surface area contributed by atoms with Crippen molar-refractivity contribution in [1.29, 1.82) is 0 Å². The van der Waals surface area contributed by atoms with Crippen LogP contribution in [0.3, 0.4) is 0 Å². The van der Waals surface area contributed by atoms with E-state index in [2.05, 4.69) is 16.8 Å². The fourth-order valence-electron chi connectivity index (χ4n) is 3.00. The Bertz CT molecular complexity index is 467. The van der Waals surface area contributed by atoms with E-state index in [1.807, 2.05) is 11.0 Å². The van der Waals surface area contributed by atoms with Gasteiger partial charge in [0.05, 0.1) is 0 Å². The second kappa shape index (κ2) is 7.13. The van der Waals surface area contributed by atoms with Crippen molar-refractivity contribution >= 4 is 5.82 Å². The molecule has 21 heavy (non-hydrogen) atoms. The van der Waals surface area contributed by atoms with Crippen molar-refractivity contribution in [2.75, 3.05) is 25.0 Å². The smallest absolute Gasteiger partial charge is 0.243 e. The summed E-state index contributed by atoms with van der Waals surface area (Å²) in [6.07, 6.45) is 1.07. The highest BCUT2D eigenvalue weighted by Gasteiger charge is 2.30. The Balaban J connectivity index is 0.000000774. The van der Waals surface area contributed by atoms with Crippen LogP contribution in [0.25, 0.3) is 0 Å². The largest absolute Gasteiger partial charge is 0.356 e. The molecule has 4 nitrogen and oxygen atoms in total. The Morgan fingerprint density at radius 2 is 2.05 bits per heavy atom. The Hall–Kier alpha value is -1.27. The van der Waals surface area contributed by atoms with Crippen LogP contribution in [0.1, 0.15) is 24.1 Å². The van der Waals surface area contributed by atoms with E-state index < -0.39 is 12.3 Å². The number of hydrogen-bond donors (Lipinski definition) is 2. The number of halogens is 2. The molecule has 0 saturated carbocycles. The molecule has 0 radical (unpaired) electrons. The predicted octanol–water partition coefficient (Wildman–Crippen LogP) is 1.56. The molecule has 2 unspecified atom stereocenters. The van der Waals surface area contributed by atoms with Gasteiger partial charge in [0.15, 0.2) is 0 Å². The van der Waals surface area contributed by atoms with Crippen LogP contribution in [-0.4, -0.2) is 37.6 Å².